The summed E-state index contributed by atoms with van der Waals surface area (Å²) in [4.78, 5) is 11.6. The normalized spacial score (nSPS) is 46.6. The highest BCUT2D eigenvalue weighted by Crippen LogP contribution is 2.48. The van der Waals surface area contributed by atoms with Gasteiger partial charge in [-0.15, -0.1) is 0 Å². The molecule has 0 amide bonds. The summed E-state index contributed by atoms with van der Waals surface area (Å²) in [6.45, 7) is 7.09. The summed E-state index contributed by atoms with van der Waals surface area (Å²) in [5.74, 6) is -4.85. The number of rotatable bonds is 1. The van der Waals surface area contributed by atoms with Crippen LogP contribution in [0.3, 0.4) is 0 Å². The highest BCUT2D eigenvalue weighted by Gasteiger charge is 2.71. The molecule has 0 aromatic carbocycles. The predicted octanol–water partition coefficient (Wildman–Crippen LogP) is 0.469. The van der Waals surface area contributed by atoms with Gasteiger partial charge in [0.25, 0.3) is 0 Å². The maximum atomic E-state index is 11.6. The van der Waals surface area contributed by atoms with E-state index in [1.165, 1.54) is 0 Å². The topological polar surface area (TPSA) is 83.5 Å². The number of aliphatic carboxylic acids is 1. The van der Waals surface area contributed by atoms with Gasteiger partial charge in [0.1, 0.15) is 12.2 Å². The zero-order chi connectivity index (χ0) is 14.1. The number of ether oxygens (including phenoxy) is 5. The molecule has 1 N–H and O–H groups in total. The van der Waals surface area contributed by atoms with Crippen molar-refractivity contribution < 1.29 is 33.6 Å². The van der Waals surface area contributed by atoms with E-state index < -0.39 is 41.6 Å². The number of fused-ring (bicyclic) bond motifs is 3. The molecular formula is C12H18O7. The lowest BCUT2D eigenvalue weighted by molar-refractivity contribution is -0.325. The van der Waals surface area contributed by atoms with Gasteiger partial charge < -0.3 is 28.8 Å². The molecule has 0 unspecified atom stereocenters. The monoisotopic (exact) mass is 274 g/mol. The Morgan fingerprint density at radius 3 is 2.42 bits per heavy atom. The van der Waals surface area contributed by atoms with Gasteiger partial charge in [-0.3, -0.25) is 0 Å². The van der Waals surface area contributed by atoms with Crippen molar-refractivity contribution in [3.8, 4) is 0 Å². The van der Waals surface area contributed by atoms with E-state index in [1.54, 1.807) is 27.7 Å². The van der Waals surface area contributed by atoms with Crippen LogP contribution in [0.15, 0.2) is 0 Å². The van der Waals surface area contributed by atoms with E-state index in [9.17, 15) is 9.90 Å². The Morgan fingerprint density at radius 2 is 1.79 bits per heavy atom. The average molecular weight is 274 g/mol. The van der Waals surface area contributed by atoms with Crippen LogP contribution in [0.2, 0.25) is 0 Å². The van der Waals surface area contributed by atoms with Gasteiger partial charge in [-0.1, -0.05) is 0 Å². The van der Waals surface area contributed by atoms with Crippen LogP contribution < -0.4 is 0 Å². The molecule has 0 aromatic rings. The number of carboxylic acid groups (broad SMARTS) is 1. The maximum Gasteiger partial charge on any atom is 0.367 e. The molecule has 0 spiro atoms. The summed E-state index contributed by atoms with van der Waals surface area (Å²) in [7, 11) is 0. The summed E-state index contributed by atoms with van der Waals surface area (Å²) >= 11 is 0. The van der Waals surface area contributed by atoms with Crippen LogP contribution in [0, 0.1) is 0 Å². The SMILES string of the molecule is CC1(C)OC[C@H]2O[C@@]3(C(=O)O)OC(C)(C)O[C@@H]3[C@@H]2O1. The summed E-state index contributed by atoms with van der Waals surface area (Å²) in [6.07, 6.45) is -1.85. The van der Waals surface area contributed by atoms with Gasteiger partial charge in [-0.2, -0.15) is 0 Å². The smallest absolute Gasteiger partial charge is 0.367 e. The number of hydrogen-bond donors (Lipinski definition) is 1. The van der Waals surface area contributed by atoms with Gasteiger partial charge in [0, 0.05) is 0 Å². The molecule has 7 nitrogen and oxygen atoms in total. The molecule has 4 atom stereocenters. The molecule has 3 aliphatic rings. The van der Waals surface area contributed by atoms with Crippen LogP contribution in [-0.2, 0) is 28.5 Å². The van der Waals surface area contributed by atoms with Crippen molar-refractivity contribution in [3.63, 3.8) is 0 Å². The number of carboxylic acids is 1. The summed E-state index contributed by atoms with van der Waals surface area (Å²) in [5, 5.41) is 9.46. The first-order valence-corrected chi connectivity index (χ1v) is 6.26. The fourth-order valence-corrected chi connectivity index (χ4v) is 2.82. The molecule has 0 aliphatic carbocycles. The molecule has 108 valence electrons. The van der Waals surface area contributed by atoms with E-state index in [1.807, 2.05) is 0 Å². The Labute approximate surface area is 110 Å². The van der Waals surface area contributed by atoms with Crippen LogP contribution in [-0.4, -0.2) is 53.4 Å². The fraction of sp³-hybridized carbons (Fsp3) is 0.917. The Bertz CT molecular complexity index is 418. The maximum absolute atomic E-state index is 11.6. The first kappa shape index (κ1) is 13.3. The van der Waals surface area contributed by atoms with E-state index in [4.69, 9.17) is 23.7 Å². The Balaban J connectivity index is 1.94. The minimum Gasteiger partial charge on any atom is -0.477 e. The molecular weight excluding hydrogens is 256 g/mol. The minimum atomic E-state index is -1.82. The third-order valence-electron chi connectivity index (χ3n) is 3.49. The zero-order valence-electron chi connectivity index (χ0n) is 11.3. The molecule has 3 heterocycles. The van der Waals surface area contributed by atoms with Gasteiger partial charge in [-0.05, 0) is 27.7 Å². The molecule has 7 heteroatoms. The highest BCUT2D eigenvalue weighted by molar-refractivity contribution is 5.77. The van der Waals surface area contributed by atoms with Crippen molar-refractivity contribution in [3.05, 3.63) is 0 Å². The molecule has 3 saturated heterocycles. The lowest BCUT2D eigenvalue weighted by atomic mass is 10.0. The van der Waals surface area contributed by atoms with Crippen LogP contribution in [0.25, 0.3) is 0 Å². The van der Waals surface area contributed by atoms with Gasteiger partial charge in [-0.25, -0.2) is 4.79 Å². The van der Waals surface area contributed by atoms with E-state index in [2.05, 4.69) is 0 Å². The van der Waals surface area contributed by atoms with E-state index in [-0.39, 0.29) is 6.61 Å². The Hall–Kier alpha value is -0.730. The molecule has 3 aliphatic heterocycles. The predicted molar refractivity (Wildman–Crippen MR) is 60.2 cm³/mol. The Morgan fingerprint density at radius 1 is 1.11 bits per heavy atom. The zero-order valence-corrected chi connectivity index (χ0v) is 11.3. The summed E-state index contributed by atoms with van der Waals surface area (Å²) in [5.41, 5.74) is 0. The van der Waals surface area contributed by atoms with Crippen molar-refractivity contribution in [1.82, 2.24) is 0 Å². The minimum absolute atomic E-state index is 0.246. The fourth-order valence-electron chi connectivity index (χ4n) is 2.82. The highest BCUT2D eigenvalue weighted by atomic mass is 16.9. The first-order valence-electron chi connectivity index (χ1n) is 6.26. The molecule has 19 heavy (non-hydrogen) atoms. The molecule has 0 aromatic heterocycles. The van der Waals surface area contributed by atoms with Crippen LogP contribution in [0.1, 0.15) is 27.7 Å². The lowest BCUT2D eigenvalue weighted by Crippen LogP contribution is -2.52. The van der Waals surface area contributed by atoms with E-state index >= 15 is 0 Å². The first-order chi connectivity index (χ1) is 8.65. The molecule has 3 rings (SSSR count). The van der Waals surface area contributed by atoms with Crippen LogP contribution >= 0.6 is 0 Å². The van der Waals surface area contributed by atoms with Crippen molar-refractivity contribution in [2.75, 3.05) is 6.61 Å². The van der Waals surface area contributed by atoms with Gasteiger partial charge in [0.2, 0.25) is 0 Å². The van der Waals surface area contributed by atoms with Gasteiger partial charge in [0.05, 0.1) is 6.61 Å². The largest absolute Gasteiger partial charge is 0.477 e. The molecule has 0 saturated carbocycles. The quantitative estimate of drug-likeness (QED) is 0.744. The standard InChI is InChI=1S/C12H18O7/c1-10(2)15-5-6-7(17-10)8-12(16-6,9(13)14)19-11(3,4)18-8/h6-8H,5H2,1-4H3,(H,13,14)/t6-,7-,8-,12-/m1/s1. The number of carbonyl (C=O) groups is 1. The second-order valence-corrected chi connectivity index (χ2v) is 5.96. The van der Waals surface area contributed by atoms with Crippen molar-refractivity contribution in [2.24, 2.45) is 0 Å². The third kappa shape index (κ3) is 1.88. The third-order valence-corrected chi connectivity index (χ3v) is 3.49. The second kappa shape index (κ2) is 3.67. The van der Waals surface area contributed by atoms with Crippen LogP contribution in [0.4, 0.5) is 0 Å². The second-order valence-electron chi connectivity index (χ2n) is 5.96. The average Bonchev–Trinajstić information content (AvgIpc) is 2.67. The Kier molecular flexibility index (Phi) is 2.57. The van der Waals surface area contributed by atoms with Crippen LogP contribution in [0.5, 0.6) is 0 Å². The molecule has 0 radical (unpaired) electrons. The lowest BCUT2D eigenvalue weighted by Gasteiger charge is -2.38. The van der Waals surface area contributed by atoms with Crippen molar-refractivity contribution >= 4 is 5.97 Å². The molecule has 3 fully saturated rings. The van der Waals surface area contributed by atoms with Crippen molar-refractivity contribution in [1.29, 1.82) is 0 Å². The molecule has 0 bridgehead atoms. The van der Waals surface area contributed by atoms with E-state index in [0.717, 1.165) is 0 Å². The van der Waals surface area contributed by atoms with Gasteiger partial charge >= 0.3 is 11.8 Å². The summed E-state index contributed by atoms with van der Waals surface area (Å²) in [6, 6.07) is 0. The van der Waals surface area contributed by atoms with Crippen molar-refractivity contribution in [2.45, 2.75) is 63.4 Å². The number of hydrogen-bond acceptors (Lipinski definition) is 6. The summed E-state index contributed by atoms with van der Waals surface area (Å²) < 4.78 is 28.0. The van der Waals surface area contributed by atoms with E-state index in [0.29, 0.717) is 0 Å². The van der Waals surface area contributed by atoms with Gasteiger partial charge in [0.15, 0.2) is 17.7 Å².